The van der Waals surface area contributed by atoms with Gasteiger partial charge in [-0.1, -0.05) is 13.8 Å². The predicted molar refractivity (Wildman–Crippen MR) is 59.5 cm³/mol. The second kappa shape index (κ2) is 5.19. The van der Waals surface area contributed by atoms with Crippen LogP contribution in [0.3, 0.4) is 0 Å². The van der Waals surface area contributed by atoms with Crippen LogP contribution in [0.5, 0.6) is 0 Å². The van der Waals surface area contributed by atoms with Crippen LogP contribution in [0.2, 0.25) is 0 Å². The van der Waals surface area contributed by atoms with Gasteiger partial charge in [-0.2, -0.15) is 0 Å². The van der Waals surface area contributed by atoms with E-state index >= 15 is 0 Å². The Morgan fingerprint density at radius 2 is 1.75 bits per heavy atom. The van der Waals surface area contributed by atoms with E-state index in [2.05, 4.69) is 0 Å². The van der Waals surface area contributed by atoms with Crippen molar-refractivity contribution in [3.63, 3.8) is 0 Å². The van der Waals surface area contributed by atoms with Crippen LogP contribution in [-0.4, -0.2) is 5.78 Å². The number of carbonyl (C=O) groups is 1. The lowest BCUT2D eigenvalue weighted by molar-refractivity contribution is 0.0908. The van der Waals surface area contributed by atoms with Crippen LogP contribution >= 0.6 is 0 Å². The Morgan fingerprint density at radius 3 is 2.25 bits per heavy atom. The third-order valence-electron chi connectivity index (χ3n) is 2.87. The zero-order valence-electron chi connectivity index (χ0n) is 9.81. The zero-order valence-corrected chi connectivity index (χ0v) is 9.81. The van der Waals surface area contributed by atoms with Gasteiger partial charge in [-0.05, 0) is 37.5 Å². The fourth-order valence-corrected chi connectivity index (χ4v) is 1.71. The number of ketones is 1. The van der Waals surface area contributed by atoms with E-state index in [-0.39, 0.29) is 22.8 Å². The molecule has 1 nitrogen and oxygen atoms in total. The van der Waals surface area contributed by atoms with Crippen molar-refractivity contribution in [3.8, 4) is 0 Å². The first-order chi connectivity index (χ1) is 7.51. The summed E-state index contributed by atoms with van der Waals surface area (Å²) in [5, 5.41) is 0. The summed E-state index contributed by atoms with van der Waals surface area (Å²) in [6.07, 6.45) is 1.29. The molecular formula is C13H16F2O. The predicted octanol–water partition coefficient (Wildman–Crippen LogP) is 3.89. The Balaban J connectivity index is 3.13. The van der Waals surface area contributed by atoms with Gasteiger partial charge in [-0.25, -0.2) is 8.78 Å². The maximum absolute atomic E-state index is 13.5. The molecule has 0 unspecified atom stereocenters. The molecular weight excluding hydrogens is 210 g/mol. The Labute approximate surface area is 94.5 Å². The van der Waals surface area contributed by atoms with Crippen LogP contribution in [-0.2, 0) is 0 Å². The smallest absolute Gasteiger partial charge is 0.168 e. The van der Waals surface area contributed by atoms with Crippen molar-refractivity contribution in [2.45, 2.75) is 33.6 Å². The summed E-state index contributed by atoms with van der Waals surface area (Å²) < 4.78 is 26.8. The van der Waals surface area contributed by atoms with Crippen molar-refractivity contribution < 1.29 is 13.6 Å². The molecule has 0 saturated carbocycles. The average molecular weight is 226 g/mol. The quantitative estimate of drug-likeness (QED) is 0.712. The maximum atomic E-state index is 13.5. The minimum absolute atomic E-state index is 0.128. The topological polar surface area (TPSA) is 17.1 Å². The summed E-state index contributed by atoms with van der Waals surface area (Å²) in [6, 6.07) is 2.08. The fraction of sp³-hybridized carbons (Fsp3) is 0.462. The molecule has 0 heterocycles. The number of halogens is 2. The Morgan fingerprint density at radius 1 is 1.19 bits per heavy atom. The van der Waals surface area contributed by atoms with Gasteiger partial charge in [0.25, 0.3) is 0 Å². The van der Waals surface area contributed by atoms with Crippen LogP contribution in [0.25, 0.3) is 0 Å². The van der Waals surface area contributed by atoms with Crippen LogP contribution in [0.15, 0.2) is 12.1 Å². The third-order valence-corrected chi connectivity index (χ3v) is 2.87. The van der Waals surface area contributed by atoms with Gasteiger partial charge in [-0.3, -0.25) is 4.79 Å². The second-order valence-electron chi connectivity index (χ2n) is 3.96. The minimum Gasteiger partial charge on any atom is -0.294 e. The van der Waals surface area contributed by atoms with Crippen molar-refractivity contribution >= 4 is 5.78 Å². The van der Waals surface area contributed by atoms with Gasteiger partial charge in [0.2, 0.25) is 0 Å². The molecule has 0 N–H and O–H groups in total. The largest absolute Gasteiger partial charge is 0.294 e. The number of rotatable bonds is 4. The lowest BCUT2D eigenvalue weighted by Gasteiger charge is -2.12. The van der Waals surface area contributed by atoms with Gasteiger partial charge in [0.05, 0.1) is 5.56 Å². The summed E-state index contributed by atoms with van der Waals surface area (Å²) in [4.78, 5) is 11.9. The Bertz CT molecular complexity index is 395. The van der Waals surface area contributed by atoms with E-state index in [1.54, 1.807) is 0 Å². The van der Waals surface area contributed by atoms with Crippen LogP contribution in [0.1, 0.15) is 42.6 Å². The van der Waals surface area contributed by atoms with Gasteiger partial charge in [0, 0.05) is 5.92 Å². The molecule has 0 spiro atoms. The summed E-state index contributed by atoms with van der Waals surface area (Å²) in [5.74, 6) is -1.69. The maximum Gasteiger partial charge on any atom is 0.168 e. The standard InChI is InChI=1S/C13H16F2O/c1-4-9(5-2)13(16)10-7-11(14)8(3)6-12(10)15/h6-7,9H,4-5H2,1-3H3. The molecule has 0 saturated heterocycles. The van der Waals surface area contributed by atoms with Crippen molar-refractivity contribution in [1.82, 2.24) is 0 Å². The molecule has 88 valence electrons. The van der Waals surface area contributed by atoms with E-state index in [1.807, 2.05) is 13.8 Å². The number of hydrogen-bond acceptors (Lipinski definition) is 1. The first kappa shape index (κ1) is 12.8. The van der Waals surface area contributed by atoms with Gasteiger partial charge in [0.1, 0.15) is 11.6 Å². The van der Waals surface area contributed by atoms with Crippen molar-refractivity contribution in [2.75, 3.05) is 0 Å². The molecule has 1 aromatic carbocycles. The van der Waals surface area contributed by atoms with E-state index in [0.29, 0.717) is 12.8 Å². The molecule has 1 rings (SSSR count). The number of aryl methyl sites for hydroxylation is 1. The van der Waals surface area contributed by atoms with Crippen LogP contribution in [0.4, 0.5) is 8.78 Å². The number of carbonyl (C=O) groups excluding carboxylic acids is 1. The lowest BCUT2D eigenvalue weighted by Crippen LogP contribution is -2.15. The fourth-order valence-electron chi connectivity index (χ4n) is 1.71. The third kappa shape index (κ3) is 2.46. The van der Waals surface area contributed by atoms with Crippen LogP contribution in [0, 0.1) is 24.5 Å². The molecule has 0 atom stereocenters. The van der Waals surface area contributed by atoms with E-state index in [9.17, 15) is 13.6 Å². The molecule has 0 amide bonds. The van der Waals surface area contributed by atoms with Crippen LogP contribution < -0.4 is 0 Å². The highest BCUT2D eigenvalue weighted by Gasteiger charge is 2.21. The van der Waals surface area contributed by atoms with E-state index in [4.69, 9.17) is 0 Å². The number of hydrogen-bond donors (Lipinski definition) is 0. The normalized spacial score (nSPS) is 10.9. The highest BCUT2D eigenvalue weighted by atomic mass is 19.1. The average Bonchev–Trinajstić information content (AvgIpc) is 2.25. The Hall–Kier alpha value is -1.25. The monoisotopic (exact) mass is 226 g/mol. The second-order valence-corrected chi connectivity index (χ2v) is 3.96. The SMILES string of the molecule is CCC(CC)C(=O)c1cc(F)c(C)cc1F. The molecule has 0 bridgehead atoms. The molecule has 3 heteroatoms. The van der Waals surface area contributed by atoms with E-state index in [0.717, 1.165) is 12.1 Å². The lowest BCUT2D eigenvalue weighted by atomic mass is 9.92. The first-order valence-electron chi connectivity index (χ1n) is 5.51. The van der Waals surface area contributed by atoms with Crippen molar-refractivity contribution in [1.29, 1.82) is 0 Å². The summed E-state index contributed by atoms with van der Waals surface area (Å²) in [5.41, 5.74) is 0.0930. The molecule has 0 fully saturated rings. The molecule has 0 aliphatic rings. The highest BCUT2D eigenvalue weighted by molar-refractivity contribution is 5.98. The van der Waals surface area contributed by atoms with Gasteiger partial charge >= 0.3 is 0 Å². The van der Waals surface area contributed by atoms with Gasteiger partial charge < -0.3 is 0 Å². The molecule has 16 heavy (non-hydrogen) atoms. The summed E-state index contributed by atoms with van der Waals surface area (Å²) in [6.45, 7) is 5.22. The van der Waals surface area contributed by atoms with Crippen molar-refractivity contribution in [3.05, 3.63) is 34.9 Å². The minimum atomic E-state index is -0.629. The van der Waals surface area contributed by atoms with Gasteiger partial charge in [0.15, 0.2) is 5.78 Å². The molecule has 0 radical (unpaired) electrons. The molecule has 0 aliphatic carbocycles. The molecule has 0 aliphatic heterocycles. The first-order valence-corrected chi connectivity index (χ1v) is 5.51. The number of benzene rings is 1. The molecule has 0 aromatic heterocycles. The van der Waals surface area contributed by atoms with Crippen molar-refractivity contribution in [2.24, 2.45) is 5.92 Å². The number of Topliss-reactive ketones (excluding diaryl/α,β-unsaturated/α-hetero) is 1. The van der Waals surface area contributed by atoms with E-state index < -0.39 is 11.6 Å². The Kier molecular flexibility index (Phi) is 4.16. The zero-order chi connectivity index (χ0) is 12.3. The van der Waals surface area contributed by atoms with E-state index in [1.165, 1.54) is 6.92 Å². The molecule has 1 aromatic rings. The highest BCUT2D eigenvalue weighted by Crippen LogP contribution is 2.20. The summed E-state index contributed by atoms with van der Waals surface area (Å²) >= 11 is 0. The van der Waals surface area contributed by atoms with Gasteiger partial charge in [-0.15, -0.1) is 0 Å². The summed E-state index contributed by atoms with van der Waals surface area (Å²) in [7, 11) is 0.